The topological polar surface area (TPSA) is 29.9 Å². The van der Waals surface area contributed by atoms with E-state index in [0.29, 0.717) is 0 Å². The molecule has 0 spiro atoms. The van der Waals surface area contributed by atoms with Crippen molar-refractivity contribution < 1.29 is 0 Å². The van der Waals surface area contributed by atoms with Crippen molar-refractivity contribution in [2.45, 2.75) is 40.3 Å². The molecule has 0 radical (unpaired) electrons. The van der Waals surface area contributed by atoms with E-state index < -0.39 is 0 Å². The molecule has 0 saturated carbocycles. The summed E-state index contributed by atoms with van der Waals surface area (Å²) >= 11 is 0. The van der Waals surface area contributed by atoms with Crippen molar-refractivity contribution in [2.24, 2.45) is 0 Å². The van der Waals surface area contributed by atoms with Gasteiger partial charge in [0.05, 0.1) is 12.0 Å². The van der Waals surface area contributed by atoms with Crippen LogP contribution in [0.5, 0.6) is 0 Å². The molecule has 1 N–H and O–H groups in total. The van der Waals surface area contributed by atoms with Gasteiger partial charge in [0, 0.05) is 18.8 Å². The fraction of sp³-hybridized carbons (Fsp3) is 0.438. The molecule has 0 aliphatic heterocycles. The average Bonchev–Trinajstić information content (AvgIpc) is 2.72. The predicted molar refractivity (Wildman–Crippen MR) is 79.2 cm³/mol. The van der Waals surface area contributed by atoms with E-state index in [4.69, 9.17) is 0 Å². The van der Waals surface area contributed by atoms with Gasteiger partial charge in [-0.25, -0.2) is 4.98 Å². The Morgan fingerprint density at radius 3 is 2.68 bits per heavy atom. The number of aryl methyl sites for hydroxylation is 1. The monoisotopic (exact) mass is 257 g/mol. The lowest BCUT2D eigenvalue weighted by atomic mass is 10.1. The molecule has 3 heteroatoms. The van der Waals surface area contributed by atoms with Gasteiger partial charge in [-0.05, 0) is 37.9 Å². The summed E-state index contributed by atoms with van der Waals surface area (Å²) in [4.78, 5) is 4.35. The van der Waals surface area contributed by atoms with Crippen LogP contribution in [0.3, 0.4) is 0 Å². The van der Waals surface area contributed by atoms with Gasteiger partial charge in [-0.15, -0.1) is 0 Å². The first-order chi connectivity index (χ1) is 9.20. The minimum Gasteiger partial charge on any atom is -0.330 e. The van der Waals surface area contributed by atoms with E-state index in [9.17, 15) is 0 Å². The van der Waals surface area contributed by atoms with Gasteiger partial charge < -0.3 is 9.88 Å². The second kappa shape index (κ2) is 6.53. The van der Waals surface area contributed by atoms with Crippen LogP contribution < -0.4 is 5.32 Å². The van der Waals surface area contributed by atoms with Crippen molar-refractivity contribution in [1.29, 1.82) is 0 Å². The van der Waals surface area contributed by atoms with Crippen LogP contribution in [-0.2, 0) is 13.1 Å². The third-order valence-corrected chi connectivity index (χ3v) is 3.45. The van der Waals surface area contributed by atoms with Crippen LogP contribution in [0.15, 0.2) is 30.6 Å². The molecule has 19 heavy (non-hydrogen) atoms. The van der Waals surface area contributed by atoms with Gasteiger partial charge >= 0.3 is 0 Å². The highest BCUT2D eigenvalue weighted by Crippen LogP contribution is 2.11. The standard InChI is InChI=1S/C16H23N3/c1-4-8-17-10-15-6-5-7-16(9-15)11-19-12-18-13(2)14(19)3/h5-7,9,12,17H,4,8,10-11H2,1-3H3. The maximum absolute atomic E-state index is 4.35. The van der Waals surface area contributed by atoms with E-state index in [1.54, 1.807) is 0 Å². The molecule has 0 saturated heterocycles. The number of nitrogens with one attached hydrogen (secondary N) is 1. The fourth-order valence-corrected chi connectivity index (χ4v) is 2.15. The average molecular weight is 257 g/mol. The molecule has 1 aromatic heterocycles. The maximum atomic E-state index is 4.35. The second-order valence-corrected chi connectivity index (χ2v) is 5.04. The molecule has 2 rings (SSSR count). The van der Waals surface area contributed by atoms with Gasteiger partial charge in [0.25, 0.3) is 0 Å². The van der Waals surface area contributed by atoms with E-state index in [2.05, 4.69) is 59.9 Å². The summed E-state index contributed by atoms with van der Waals surface area (Å²) < 4.78 is 2.20. The highest BCUT2D eigenvalue weighted by molar-refractivity contribution is 5.24. The second-order valence-electron chi connectivity index (χ2n) is 5.04. The van der Waals surface area contributed by atoms with Gasteiger partial charge in [-0.2, -0.15) is 0 Å². The van der Waals surface area contributed by atoms with Crippen molar-refractivity contribution in [3.8, 4) is 0 Å². The lowest BCUT2D eigenvalue weighted by Gasteiger charge is -2.08. The van der Waals surface area contributed by atoms with Gasteiger partial charge in [-0.1, -0.05) is 31.2 Å². The molecule has 0 aliphatic rings. The van der Waals surface area contributed by atoms with E-state index in [-0.39, 0.29) is 0 Å². The maximum Gasteiger partial charge on any atom is 0.0954 e. The summed E-state index contributed by atoms with van der Waals surface area (Å²) in [7, 11) is 0. The van der Waals surface area contributed by atoms with Crippen molar-refractivity contribution in [2.75, 3.05) is 6.54 Å². The fourth-order valence-electron chi connectivity index (χ4n) is 2.15. The third kappa shape index (κ3) is 3.67. The first-order valence-corrected chi connectivity index (χ1v) is 6.97. The van der Waals surface area contributed by atoms with E-state index in [0.717, 1.165) is 25.3 Å². The van der Waals surface area contributed by atoms with Crippen LogP contribution in [0, 0.1) is 13.8 Å². The molecule has 2 aromatic rings. The summed E-state index contributed by atoms with van der Waals surface area (Å²) in [6.45, 7) is 9.28. The largest absolute Gasteiger partial charge is 0.330 e. The Bertz CT molecular complexity index is 529. The number of hydrogen-bond acceptors (Lipinski definition) is 2. The highest BCUT2D eigenvalue weighted by atomic mass is 15.0. The normalized spacial score (nSPS) is 10.9. The van der Waals surface area contributed by atoms with Crippen LogP contribution in [0.1, 0.15) is 35.9 Å². The SMILES string of the molecule is CCCNCc1cccc(Cn2cnc(C)c2C)c1. The summed E-state index contributed by atoms with van der Waals surface area (Å²) in [5.74, 6) is 0. The molecule has 0 bridgehead atoms. The zero-order valence-electron chi connectivity index (χ0n) is 12.1. The smallest absolute Gasteiger partial charge is 0.0954 e. The van der Waals surface area contributed by atoms with Crippen molar-refractivity contribution >= 4 is 0 Å². The molecule has 1 aromatic carbocycles. The number of nitrogens with zero attached hydrogens (tertiary/aromatic N) is 2. The first-order valence-electron chi connectivity index (χ1n) is 6.97. The number of benzene rings is 1. The Kier molecular flexibility index (Phi) is 4.74. The van der Waals surface area contributed by atoms with Gasteiger partial charge in [0.1, 0.15) is 0 Å². The molecule has 102 valence electrons. The molecule has 3 nitrogen and oxygen atoms in total. The van der Waals surface area contributed by atoms with E-state index in [1.165, 1.54) is 23.2 Å². The van der Waals surface area contributed by atoms with Crippen molar-refractivity contribution in [3.05, 3.63) is 53.1 Å². The van der Waals surface area contributed by atoms with Gasteiger partial charge in [-0.3, -0.25) is 0 Å². The van der Waals surface area contributed by atoms with E-state index in [1.807, 2.05) is 6.33 Å². The lowest BCUT2D eigenvalue weighted by Crippen LogP contribution is -2.14. The zero-order valence-corrected chi connectivity index (χ0v) is 12.1. The van der Waals surface area contributed by atoms with Crippen LogP contribution in [0.2, 0.25) is 0 Å². The molecule has 1 heterocycles. The summed E-state index contributed by atoms with van der Waals surface area (Å²) in [5.41, 5.74) is 5.03. The number of rotatable bonds is 6. The van der Waals surface area contributed by atoms with Crippen molar-refractivity contribution in [1.82, 2.24) is 14.9 Å². The number of imidazole rings is 1. The molecule has 0 fully saturated rings. The molecule has 0 aliphatic carbocycles. The first kappa shape index (κ1) is 13.8. The summed E-state index contributed by atoms with van der Waals surface area (Å²) in [6.07, 6.45) is 3.10. The quantitative estimate of drug-likeness (QED) is 0.806. The molecular formula is C16H23N3. The Balaban J connectivity index is 2.04. The van der Waals surface area contributed by atoms with E-state index >= 15 is 0 Å². The minimum absolute atomic E-state index is 0.897. The minimum atomic E-state index is 0.897. The Morgan fingerprint density at radius 1 is 1.21 bits per heavy atom. The molecule has 0 atom stereocenters. The highest BCUT2D eigenvalue weighted by Gasteiger charge is 2.03. The molecule has 0 unspecified atom stereocenters. The molecular weight excluding hydrogens is 234 g/mol. The van der Waals surface area contributed by atoms with Crippen molar-refractivity contribution in [3.63, 3.8) is 0 Å². The molecule has 0 amide bonds. The van der Waals surface area contributed by atoms with Gasteiger partial charge in [0.2, 0.25) is 0 Å². The van der Waals surface area contributed by atoms with Gasteiger partial charge in [0.15, 0.2) is 0 Å². The third-order valence-electron chi connectivity index (χ3n) is 3.45. The Hall–Kier alpha value is -1.61. The summed E-state index contributed by atoms with van der Waals surface area (Å²) in [6, 6.07) is 8.77. The zero-order chi connectivity index (χ0) is 13.7. The van der Waals surface area contributed by atoms with Crippen LogP contribution >= 0.6 is 0 Å². The van der Waals surface area contributed by atoms with Crippen LogP contribution in [0.4, 0.5) is 0 Å². The van der Waals surface area contributed by atoms with Crippen LogP contribution in [0.25, 0.3) is 0 Å². The Labute approximate surface area is 115 Å². The Morgan fingerprint density at radius 2 is 2.00 bits per heavy atom. The number of aromatic nitrogens is 2. The number of hydrogen-bond donors (Lipinski definition) is 1. The lowest BCUT2D eigenvalue weighted by molar-refractivity contribution is 0.674. The van der Waals surface area contributed by atoms with Crippen LogP contribution in [-0.4, -0.2) is 16.1 Å². The predicted octanol–water partition coefficient (Wildman–Crippen LogP) is 3.05. The summed E-state index contributed by atoms with van der Waals surface area (Å²) in [5, 5.41) is 3.44.